The van der Waals surface area contributed by atoms with E-state index in [1.165, 1.54) is 6.33 Å². The number of guanidine groups is 1. The molecule has 29 heavy (non-hydrogen) atoms. The fourth-order valence-corrected chi connectivity index (χ4v) is 3.13. The summed E-state index contributed by atoms with van der Waals surface area (Å²) >= 11 is 0. The van der Waals surface area contributed by atoms with Crippen molar-refractivity contribution in [3.05, 3.63) is 59.9 Å². The van der Waals surface area contributed by atoms with Gasteiger partial charge in [-0.15, -0.1) is 24.0 Å². The molecule has 1 aromatic heterocycles. The Labute approximate surface area is 186 Å². The largest absolute Gasteiger partial charge is 0.454 e. The molecule has 8 nitrogen and oxygen atoms in total. The fourth-order valence-electron chi connectivity index (χ4n) is 3.13. The Morgan fingerprint density at radius 2 is 2.03 bits per heavy atom. The predicted octanol–water partition coefficient (Wildman–Crippen LogP) is 3.03. The van der Waals surface area contributed by atoms with E-state index in [-0.39, 0.29) is 30.8 Å². The van der Waals surface area contributed by atoms with E-state index >= 15 is 0 Å². The molecule has 0 aliphatic carbocycles. The molecule has 0 bridgehead atoms. The number of halogens is 1. The molecule has 3 aromatic rings. The van der Waals surface area contributed by atoms with Crippen molar-refractivity contribution in [1.29, 1.82) is 0 Å². The molecule has 0 unspecified atom stereocenters. The van der Waals surface area contributed by atoms with E-state index in [9.17, 15) is 0 Å². The first-order valence-corrected chi connectivity index (χ1v) is 8.98. The van der Waals surface area contributed by atoms with Crippen LogP contribution in [0.4, 0.5) is 0 Å². The maximum atomic E-state index is 5.46. The van der Waals surface area contributed by atoms with Gasteiger partial charge in [0.25, 0.3) is 0 Å². The van der Waals surface area contributed by atoms with E-state index in [0.29, 0.717) is 13.1 Å². The first-order valence-electron chi connectivity index (χ1n) is 8.98. The van der Waals surface area contributed by atoms with Crippen LogP contribution in [0.25, 0.3) is 11.4 Å². The van der Waals surface area contributed by atoms with Crippen LogP contribution in [0.2, 0.25) is 0 Å². The first-order chi connectivity index (χ1) is 13.7. The van der Waals surface area contributed by atoms with Crippen LogP contribution in [0.3, 0.4) is 0 Å². The molecule has 0 saturated heterocycles. The zero-order chi connectivity index (χ0) is 19.3. The monoisotopic (exact) mass is 506 g/mol. The molecule has 2 aromatic carbocycles. The van der Waals surface area contributed by atoms with Gasteiger partial charge in [0.2, 0.25) is 6.79 Å². The number of aromatic amines is 1. The van der Waals surface area contributed by atoms with E-state index in [4.69, 9.17) is 9.47 Å². The standard InChI is InChI=1S/C20H22N6O2.HI/c1-21-20(26(2)11-15-6-7-17-18(9-15)28-13-27-17)22-10-14-4-3-5-16(8-14)19-23-12-24-25-19;/h3-9,12H,10-11,13H2,1-2H3,(H,21,22)(H,23,24,25);1H. The molecule has 2 heterocycles. The zero-order valence-electron chi connectivity index (χ0n) is 16.3. The highest BCUT2D eigenvalue weighted by molar-refractivity contribution is 14.0. The number of nitrogens with one attached hydrogen (secondary N) is 2. The van der Waals surface area contributed by atoms with Gasteiger partial charge >= 0.3 is 0 Å². The van der Waals surface area contributed by atoms with Crippen LogP contribution in [0.1, 0.15) is 11.1 Å². The maximum absolute atomic E-state index is 5.46. The quantitative estimate of drug-likeness (QED) is 0.315. The molecule has 0 fully saturated rings. The summed E-state index contributed by atoms with van der Waals surface area (Å²) in [5.41, 5.74) is 3.26. The number of aliphatic imine (C=N–C) groups is 1. The topological polar surface area (TPSA) is 87.7 Å². The van der Waals surface area contributed by atoms with Crippen molar-refractivity contribution in [2.75, 3.05) is 20.9 Å². The lowest BCUT2D eigenvalue weighted by atomic mass is 10.1. The van der Waals surface area contributed by atoms with Gasteiger partial charge in [0.15, 0.2) is 23.3 Å². The summed E-state index contributed by atoms with van der Waals surface area (Å²) in [6.07, 6.45) is 1.51. The lowest BCUT2D eigenvalue weighted by Gasteiger charge is -2.22. The number of ether oxygens (including phenoxy) is 2. The molecule has 9 heteroatoms. The normalized spacial score (nSPS) is 12.4. The van der Waals surface area contributed by atoms with Gasteiger partial charge in [-0.25, -0.2) is 4.98 Å². The predicted molar refractivity (Wildman–Crippen MR) is 121 cm³/mol. The van der Waals surface area contributed by atoms with Crippen LogP contribution in [-0.2, 0) is 13.1 Å². The molecule has 2 N–H and O–H groups in total. The average Bonchev–Trinajstić information content (AvgIpc) is 3.40. The maximum Gasteiger partial charge on any atom is 0.231 e. The smallest absolute Gasteiger partial charge is 0.231 e. The van der Waals surface area contributed by atoms with E-state index < -0.39 is 0 Å². The van der Waals surface area contributed by atoms with Gasteiger partial charge in [-0.05, 0) is 29.3 Å². The number of hydrogen-bond donors (Lipinski definition) is 2. The van der Waals surface area contributed by atoms with Crippen molar-refractivity contribution >= 4 is 29.9 Å². The number of H-pyrrole nitrogens is 1. The molecular weight excluding hydrogens is 483 g/mol. The minimum absolute atomic E-state index is 0. The number of rotatable bonds is 5. The fraction of sp³-hybridized carbons (Fsp3) is 0.250. The lowest BCUT2D eigenvalue weighted by molar-refractivity contribution is 0.174. The van der Waals surface area contributed by atoms with Gasteiger partial charge in [-0.2, -0.15) is 5.10 Å². The summed E-state index contributed by atoms with van der Waals surface area (Å²) in [5.74, 6) is 3.15. The van der Waals surface area contributed by atoms with Crippen LogP contribution in [0.15, 0.2) is 53.8 Å². The van der Waals surface area contributed by atoms with Crippen molar-refractivity contribution in [3.63, 3.8) is 0 Å². The highest BCUT2D eigenvalue weighted by Gasteiger charge is 2.14. The molecule has 4 rings (SSSR count). The molecule has 1 aliphatic heterocycles. The van der Waals surface area contributed by atoms with Crippen molar-refractivity contribution in [3.8, 4) is 22.9 Å². The van der Waals surface area contributed by atoms with Gasteiger partial charge < -0.3 is 19.7 Å². The Hall–Kier alpha value is -2.82. The molecule has 152 valence electrons. The summed E-state index contributed by atoms with van der Waals surface area (Å²) in [4.78, 5) is 10.7. The second kappa shape index (κ2) is 9.59. The second-order valence-electron chi connectivity index (χ2n) is 6.48. The van der Waals surface area contributed by atoms with Gasteiger partial charge in [0, 0.05) is 32.7 Å². The van der Waals surface area contributed by atoms with E-state index in [1.807, 2.05) is 37.4 Å². The van der Waals surface area contributed by atoms with Gasteiger partial charge in [-0.3, -0.25) is 10.1 Å². The Kier molecular flexibility index (Phi) is 6.91. The summed E-state index contributed by atoms with van der Waals surface area (Å²) in [5, 5.41) is 10.2. The number of fused-ring (bicyclic) bond motifs is 1. The molecule has 0 spiro atoms. The second-order valence-corrected chi connectivity index (χ2v) is 6.48. The summed E-state index contributed by atoms with van der Waals surface area (Å²) in [7, 11) is 3.79. The summed E-state index contributed by atoms with van der Waals surface area (Å²) < 4.78 is 10.8. The van der Waals surface area contributed by atoms with Gasteiger partial charge in [0.1, 0.15) is 6.33 Å². The van der Waals surface area contributed by atoms with E-state index in [1.54, 1.807) is 7.05 Å². The van der Waals surface area contributed by atoms with Crippen LogP contribution in [0.5, 0.6) is 11.5 Å². The molecular formula is C20H23IN6O2. The van der Waals surface area contributed by atoms with Crippen molar-refractivity contribution < 1.29 is 9.47 Å². The molecule has 0 amide bonds. The van der Waals surface area contributed by atoms with Gasteiger partial charge in [0.05, 0.1) is 0 Å². The first kappa shape index (κ1) is 20.9. The van der Waals surface area contributed by atoms with Crippen LogP contribution >= 0.6 is 24.0 Å². The number of hydrogen-bond acceptors (Lipinski definition) is 5. The minimum atomic E-state index is 0. The third-order valence-electron chi connectivity index (χ3n) is 4.50. The molecule has 0 atom stereocenters. The average molecular weight is 506 g/mol. The Morgan fingerprint density at radius 1 is 1.17 bits per heavy atom. The SMILES string of the molecule is CN=C(NCc1cccc(-c2ncn[nH]2)c1)N(C)Cc1ccc2c(c1)OCO2.I. The van der Waals surface area contributed by atoms with E-state index in [0.717, 1.165) is 40.0 Å². The Balaban J connectivity index is 0.00000240. The van der Waals surface area contributed by atoms with Crippen LogP contribution < -0.4 is 14.8 Å². The number of benzene rings is 2. The van der Waals surface area contributed by atoms with Gasteiger partial charge in [-0.1, -0.05) is 24.3 Å². The highest BCUT2D eigenvalue weighted by Crippen LogP contribution is 2.32. The minimum Gasteiger partial charge on any atom is -0.454 e. The van der Waals surface area contributed by atoms with Crippen LogP contribution in [-0.4, -0.2) is 46.9 Å². The molecule has 0 saturated carbocycles. The Morgan fingerprint density at radius 3 is 2.83 bits per heavy atom. The van der Waals surface area contributed by atoms with E-state index in [2.05, 4.69) is 42.5 Å². The van der Waals surface area contributed by atoms with Crippen LogP contribution in [0, 0.1) is 0 Å². The summed E-state index contributed by atoms with van der Waals surface area (Å²) in [6, 6.07) is 14.1. The van der Waals surface area contributed by atoms with Crippen molar-refractivity contribution in [2.45, 2.75) is 13.1 Å². The van der Waals surface area contributed by atoms with Crippen molar-refractivity contribution in [1.82, 2.24) is 25.4 Å². The molecule has 1 aliphatic rings. The highest BCUT2D eigenvalue weighted by atomic mass is 127. The third kappa shape index (κ3) is 4.97. The number of aromatic nitrogens is 3. The zero-order valence-corrected chi connectivity index (χ0v) is 18.6. The number of nitrogens with zero attached hydrogens (tertiary/aromatic N) is 4. The lowest BCUT2D eigenvalue weighted by Crippen LogP contribution is -2.38. The van der Waals surface area contributed by atoms with Crippen molar-refractivity contribution in [2.24, 2.45) is 4.99 Å². The Bertz CT molecular complexity index is 977. The third-order valence-corrected chi connectivity index (χ3v) is 4.50. The summed E-state index contributed by atoms with van der Waals surface area (Å²) in [6.45, 7) is 1.64. The molecule has 0 radical (unpaired) electrons.